The number of benzene rings is 2. The number of carbonyl (C=O) groups excluding carboxylic acids is 2. The fraction of sp³-hybridized carbons (Fsp3) is 0.417. The molecule has 0 unspecified atom stereocenters. The van der Waals surface area contributed by atoms with Gasteiger partial charge in [-0.25, -0.2) is 0 Å². The maximum atomic E-state index is 12.2. The molecule has 6 atom stereocenters. The zero-order chi connectivity index (χ0) is 23.2. The van der Waals surface area contributed by atoms with Crippen LogP contribution < -0.4 is 5.32 Å². The van der Waals surface area contributed by atoms with Crippen LogP contribution in [0.5, 0.6) is 0 Å². The SMILES string of the molecule is CC(=O)N[C@@H]1[C@H](OCc2ccccc2)O[C@H]2CO[C@H](c3ccccc3)O[C@H]2[C@@H]1OC(=O)CCl. The summed E-state index contributed by atoms with van der Waals surface area (Å²) >= 11 is 5.71. The molecular formula is C24H26ClNO7. The molecule has 1 N–H and O–H groups in total. The Morgan fingerprint density at radius 1 is 1.06 bits per heavy atom. The minimum atomic E-state index is -0.899. The highest BCUT2D eigenvalue weighted by Gasteiger charge is 2.52. The molecule has 2 aromatic carbocycles. The third-order valence-electron chi connectivity index (χ3n) is 5.41. The average Bonchev–Trinajstić information content (AvgIpc) is 2.84. The average molecular weight is 476 g/mol. The van der Waals surface area contributed by atoms with E-state index in [2.05, 4.69) is 5.32 Å². The Morgan fingerprint density at radius 2 is 1.76 bits per heavy atom. The fourth-order valence-corrected chi connectivity index (χ4v) is 4.02. The van der Waals surface area contributed by atoms with Crippen LogP contribution in [0.4, 0.5) is 0 Å². The molecule has 4 rings (SSSR count). The lowest BCUT2D eigenvalue weighted by molar-refractivity contribution is -0.346. The van der Waals surface area contributed by atoms with Crippen LogP contribution in [0.1, 0.15) is 24.3 Å². The van der Waals surface area contributed by atoms with Crippen molar-refractivity contribution in [1.29, 1.82) is 0 Å². The van der Waals surface area contributed by atoms with E-state index in [4.69, 9.17) is 35.3 Å². The van der Waals surface area contributed by atoms with E-state index in [1.807, 2.05) is 60.7 Å². The molecule has 2 aliphatic rings. The first-order valence-electron chi connectivity index (χ1n) is 10.7. The molecule has 9 heteroatoms. The number of rotatable bonds is 7. The van der Waals surface area contributed by atoms with Crippen molar-refractivity contribution in [3.05, 3.63) is 71.8 Å². The Labute approximate surface area is 197 Å². The number of amides is 1. The molecule has 2 saturated heterocycles. The summed E-state index contributed by atoms with van der Waals surface area (Å²) in [5.41, 5.74) is 1.75. The number of alkyl halides is 1. The molecule has 33 heavy (non-hydrogen) atoms. The van der Waals surface area contributed by atoms with E-state index in [9.17, 15) is 9.59 Å². The topological polar surface area (TPSA) is 92.3 Å². The molecule has 0 spiro atoms. The predicted molar refractivity (Wildman–Crippen MR) is 118 cm³/mol. The summed E-state index contributed by atoms with van der Waals surface area (Å²) in [6.45, 7) is 1.80. The van der Waals surface area contributed by atoms with E-state index in [1.54, 1.807) is 0 Å². The summed E-state index contributed by atoms with van der Waals surface area (Å²) in [6, 6.07) is 18.2. The molecule has 0 aromatic heterocycles. The monoisotopic (exact) mass is 475 g/mol. The number of hydrogen-bond acceptors (Lipinski definition) is 7. The van der Waals surface area contributed by atoms with Gasteiger partial charge >= 0.3 is 5.97 Å². The van der Waals surface area contributed by atoms with Gasteiger partial charge in [-0.3, -0.25) is 9.59 Å². The van der Waals surface area contributed by atoms with Gasteiger partial charge in [-0.1, -0.05) is 60.7 Å². The van der Waals surface area contributed by atoms with Crippen LogP contribution in [0.2, 0.25) is 0 Å². The van der Waals surface area contributed by atoms with Crippen molar-refractivity contribution in [2.24, 2.45) is 0 Å². The molecule has 2 aliphatic heterocycles. The Morgan fingerprint density at radius 3 is 2.42 bits per heavy atom. The number of halogens is 1. The van der Waals surface area contributed by atoms with Gasteiger partial charge in [0.25, 0.3) is 0 Å². The van der Waals surface area contributed by atoms with Crippen LogP contribution in [0, 0.1) is 0 Å². The van der Waals surface area contributed by atoms with Crippen molar-refractivity contribution >= 4 is 23.5 Å². The Bertz CT molecular complexity index is 929. The van der Waals surface area contributed by atoms with Gasteiger partial charge in [-0.2, -0.15) is 0 Å². The second-order valence-corrected chi connectivity index (χ2v) is 8.10. The first-order chi connectivity index (χ1) is 16.0. The zero-order valence-corrected chi connectivity index (χ0v) is 18.9. The quantitative estimate of drug-likeness (QED) is 0.486. The summed E-state index contributed by atoms with van der Waals surface area (Å²) in [5.74, 6) is -1.30. The van der Waals surface area contributed by atoms with E-state index < -0.39 is 42.9 Å². The molecule has 1 amide bonds. The number of fused-ring (bicyclic) bond motifs is 1. The fourth-order valence-electron chi connectivity index (χ4n) is 3.96. The summed E-state index contributed by atoms with van der Waals surface area (Å²) < 4.78 is 29.9. The van der Waals surface area contributed by atoms with E-state index in [0.29, 0.717) is 0 Å². The molecule has 0 saturated carbocycles. The summed E-state index contributed by atoms with van der Waals surface area (Å²) in [7, 11) is 0. The van der Waals surface area contributed by atoms with Crippen molar-refractivity contribution in [2.45, 2.75) is 50.5 Å². The highest BCUT2D eigenvalue weighted by molar-refractivity contribution is 6.26. The van der Waals surface area contributed by atoms with E-state index in [-0.39, 0.29) is 25.0 Å². The maximum absolute atomic E-state index is 12.2. The van der Waals surface area contributed by atoms with Gasteiger partial charge in [0, 0.05) is 12.5 Å². The van der Waals surface area contributed by atoms with Crippen molar-refractivity contribution in [2.75, 3.05) is 12.5 Å². The van der Waals surface area contributed by atoms with Crippen molar-refractivity contribution in [3.8, 4) is 0 Å². The lowest BCUT2D eigenvalue weighted by Crippen LogP contribution is -2.67. The highest BCUT2D eigenvalue weighted by Crippen LogP contribution is 2.36. The zero-order valence-electron chi connectivity index (χ0n) is 18.1. The molecule has 0 radical (unpaired) electrons. The first kappa shape index (κ1) is 23.7. The molecule has 176 valence electrons. The molecule has 0 bridgehead atoms. The third-order valence-corrected chi connectivity index (χ3v) is 5.63. The van der Waals surface area contributed by atoms with Gasteiger partial charge in [0.1, 0.15) is 24.1 Å². The number of esters is 1. The van der Waals surface area contributed by atoms with E-state index in [1.165, 1.54) is 6.92 Å². The molecular weight excluding hydrogens is 450 g/mol. The lowest BCUT2D eigenvalue weighted by atomic mass is 9.95. The largest absolute Gasteiger partial charge is 0.456 e. The van der Waals surface area contributed by atoms with Crippen molar-refractivity contribution in [1.82, 2.24) is 5.32 Å². The normalized spacial score (nSPS) is 29.0. The second kappa shape index (κ2) is 11.1. The van der Waals surface area contributed by atoms with Crippen LogP contribution in [0.15, 0.2) is 60.7 Å². The number of hydrogen-bond donors (Lipinski definition) is 1. The minimum Gasteiger partial charge on any atom is -0.456 e. The maximum Gasteiger partial charge on any atom is 0.321 e. The summed E-state index contributed by atoms with van der Waals surface area (Å²) in [4.78, 5) is 24.2. The van der Waals surface area contributed by atoms with Crippen molar-refractivity contribution in [3.63, 3.8) is 0 Å². The number of ether oxygens (including phenoxy) is 5. The van der Waals surface area contributed by atoms with E-state index in [0.717, 1.165) is 11.1 Å². The van der Waals surface area contributed by atoms with Gasteiger partial charge in [0.2, 0.25) is 5.91 Å². The van der Waals surface area contributed by atoms with Crippen LogP contribution in [0.3, 0.4) is 0 Å². The van der Waals surface area contributed by atoms with Gasteiger partial charge in [-0.05, 0) is 5.56 Å². The van der Waals surface area contributed by atoms with Gasteiger partial charge in [-0.15, -0.1) is 11.6 Å². The number of nitrogens with one attached hydrogen (secondary N) is 1. The first-order valence-corrected chi connectivity index (χ1v) is 11.2. The minimum absolute atomic E-state index is 0.192. The van der Waals surface area contributed by atoms with Gasteiger partial charge in [0.05, 0.1) is 13.2 Å². The number of carbonyl (C=O) groups is 2. The van der Waals surface area contributed by atoms with Crippen LogP contribution >= 0.6 is 11.6 Å². The Hall–Kier alpha value is -2.49. The molecule has 2 fully saturated rings. The standard InChI is InChI=1S/C24H26ClNO7/c1-15(27)26-20-22(32-19(28)12-25)21-18(14-30-23(33-21)17-10-6-3-7-11-17)31-24(20)29-13-16-8-4-2-5-9-16/h2-11,18,20-24H,12-14H2,1H3,(H,26,27)/t18-,20-,21+,22+,23-,24+/m0/s1. The Balaban J connectivity index is 1.58. The smallest absolute Gasteiger partial charge is 0.321 e. The van der Waals surface area contributed by atoms with Gasteiger partial charge < -0.3 is 29.0 Å². The predicted octanol–water partition coefficient (Wildman–Crippen LogP) is 2.70. The van der Waals surface area contributed by atoms with Crippen LogP contribution in [-0.4, -0.2) is 55.0 Å². The highest BCUT2D eigenvalue weighted by atomic mass is 35.5. The molecule has 2 heterocycles. The van der Waals surface area contributed by atoms with E-state index >= 15 is 0 Å². The van der Waals surface area contributed by atoms with Crippen LogP contribution in [0.25, 0.3) is 0 Å². The van der Waals surface area contributed by atoms with Gasteiger partial charge in [0.15, 0.2) is 18.7 Å². The third kappa shape index (κ3) is 5.90. The molecule has 8 nitrogen and oxygen atoms in total. The molecule has 0 aliphatic carbocycles. The Kier molecular flexibility index (Phi) is 7.95. The van der Waals surface area contributed by atoms with Crippen molar-refractivity contribution < 1.29 is 33.3 Å². The van der Waals surface area contributed by atoms with Crippen LogP contribution in [-0.2, 0) is 39.9 Å². The second-order valence-electron chi connectivity index (χ2n) is 7.83. The summed E-state index contributed by atoms with van der Waals surface area (Å²) in [5, 5.41) is 2.81. The summed E-state index contributed by atoms with van der Waals surface area (Å²) in [6.07, 6.45) is -3.75. The lowest BCUT2D eigenvalue weighted by Gasteiger charge is -2.48. The molecule has 2 aromatic rings.